The van der Waals surface area contributed by atoms with Crippen LogP contribution in [0.25, 0.3) is 21.9 Å². The molecule has 0 saturated heterocycles. The number of fused-ring (bicyclic) bond motifs is 3. The first kappa shape index (κ1) is 13.1. The predicted octanol–water partition coefficient (Wildman–Crippen LogP) is 4.51. The molecule has 0 N–H and O–H groups in total. The molecule has 4 rings (SSSR count). The van der Waals surface area contributed by atoms with E-state index in [1.54, 1.807) is 0 Å². The van der Waals surface area contributed by atoms with Crippen LogP contribution in [0.1, 0.15) is 31.5 Å². The maximum absolute atomic E-state index is 6.11. The van der Waals surface area contributed by atoms with E-state index in [-0.39, 0.29) is 0 Å². The number of para-hydroxylation sites is 1. The number of aryl methyl sites for hydroxylation is 1. The van der Waals surface area contributed by atoms with Gasteiger partial charge in [0.05, 0.1) is 23.1 Å². The van der Waals surface area contributed by atoms with Crippen LogP contribution in [0.4, 0.5) is 0 Å². The zero-order valence-electron chi connectivity index (χ0n) is 11.9. The van der Waals surface area contributed by atoms with Crippen molar-refractivity contribution in [3.05, 3.63) is 36.3 Å². The zero-order valence-corrected chi connectivity index (χ0v) is 12.7. The van der Waals surface area contributed by atoms with E-state index in [2.05, 4.69) is 32.7 Å². The summed E-state index contributed by atoms with van der Waals surface area (Å²) >= 11 is 6.11. The molecule has 1 saturated carbocycles. The SMILES string of the molecule is ClCc1nc2cnc3ccccc3c2n1CCC1CCC1. The second kappa shape index (κ2) is 5.30. The smallest absolute Gasteiger partial charge is 0.124 e. The molecule has 0 amide bonds. The molecule has 3 nitrogen and oxygen atoms in total. The lowest BCUT2D eigenvalue weighted by Crippen LogP contribution is -2.14. The summed E-state index contributed by atoms with van der Waals surface area (Å²) in [4.78, 5) is 9.17. The van der Waals surface area contributed by atoms with Gasteiger partial charge < -0.3 is 4.57 Å². The van der Waals surface area contributed by atoms with Gasteiger partial charge in [0.1, 0.15) is 11.3 Å². The molecule has 0 atom stereocenters. The molecule has 0 unspecified atom stereocenters. The average molecular weight is 300 g/mol. The minimum atomic E-state index is 0.452. The van der Waals surface area contributed by atoms with Crippen LogP contribution < -0.4 is 0 Å². The molecule has 108 valence electrons. The number of benzene rings is 1. The molecule has 2 aromatic heterocycles. The standard InChI is InChI=1S/C17H18ClN3/c18-10-16-20-15-11-19-14-7-2-1-6-13(14)17(15)21(16)9-8-12-4-3-5-12/h1-2,6-7,11-12H,3-5,8-10H2. The number of hydrogen-bond donors (Lipinski definition) is 0. The summed E-state index contributed by atoms with van der Waals surface area (Å²) in [6.45, 7) is 1.01. The molecule has 0 bridgehead atoms. The molecule has 0 spiro atoms. The third-order valence-electron chi connectivity index (χ3n) is 4.66. The minimum Gasteiger partial charge on any atom is -0.326 e. The van der Waals surface area contributed by atoms with E-state index in [1.165, 1.54) is 36.6 Å². The molecular formula is C17H18ClN3. The Kier molecular flexibility index (Phi) is 3.30. The molecule has 3 aromatic rings. The largest absolute Gasteiger partial charge is 0.326 e. The van der Waals surface area contributed by atoms with Crippen LogP contribution in [-0.2, 0) is 12.4 Å². The Balaban J connectivity index is 1.86. The minimum absolute atomic E-state index is 0.452. The number of pyridine rings is 1. The van der Waals surface area contributed by atoms with Crippen molar-refractivity contribution in [1.29, 1.82) is 0 Å². The Labute approximate surface area is 129 Å². The van der Waals surface area contributed by atoms with Gasteiger partial charge in [-0.1, -0.05) is 37.5 Å². The molecule has 1 aromatic carbocycles. The summed E-state index contributed by atoms with van der Waals surface area (Å²) in [6.07, 6.45) is 7.25. The Morgan fingerprint density at radius 1 is 1.19 bits per heavy atom. The summed E-state index contributed by atoms with van der Waals surface area (Å²) in [5, 5.41) is 1.17. The summed E-state index contributed by atoms with van der Waals surface area (Å²) in [5.41, 5.74) is 3.17. The molecule has 0 aliphatic heterocycles. The second-order valence-electron chi connectivity index (χ2n) is 5.91. The van der Waals surface area contributed by atoms with Gasteiger partial charge in [0, 0.05) is 11.9 Å². The van der Waals surface area contributed by atoms with E-state index in [1.807, 2.05) is 12.3 Å². The lowest BCUT2D eigenvalue weighted by Gasteiger charge is -2.25. The number of alkyl halides is 1. The molecule has 21 heavy (non-hydrogen) atoms. The number of imidazole rings is 1. The van der Waals surface area contributed by atoms with Crippen LogP contribution in [0.3, 0.4) is 0 Å². The van der Waals surface area contributed by atoms with Crippen molar-refractivity contribution in [2.45, 2.75) is 38.1 Å². The van der Waals surface area contributed by atoms with Gasteiger partial charge in [0.25, 0.3) is 0 Å². The Morgan fingerprint density at radius 3 is 2.81 bits per heavy atom. The summed E-state index contributed by atoms with van der Waals surface area (Å²) in [6, 6.07) is 8.27. The average Bonchev–Trinajstić information content (AvgIpc) is 2.84. The van der Waals surface area contributed by atoms with Crippen LogP contribution in [0.15, 0.2) is 30.5 Å². The number of halogens is 1. The number of aromatic nitrogens is 3. The van der Waals surface area contributed by atoms with E-state index in [0.717, 1.165) is 29.3 Å². The second-order valence-corrected chi connectivity index (χ2v) is 6.18. The molecule has 1 aliphatic carbocycles. The first-order valence-corrected chi connectivity index (χ1v) is 8.19. The van der Waals surface area contributed by atoms with Crippen molar-refractivity contribution in [3.8, 4) is 0 Å². The normalized spacial score (nSPS) is 15.7. The first-order valence-electron chi connectivity index (χ1n) is 7.65. The third-order valence-corrected chi connectivity index (χ3v) is 4.90. The highest BCUT2D eigenvalue weighted by molar-refractivity contribution is 6.17. The van der Waals surface area contributed by atoms with Gasteiger partial charge in [-0.3, -0.25) is 4.98 Å². The fourth-order valence-electron chi connectivity index (χ4n) is 3.25. The van der Waals surface area contributed by atoms with E-state index < -0.39 is 0 Å². The number of rotatable bonds is 4. The topological polar surface area (TPSA) is 30.7 Å². The van der Waals surface area contributed by atoms with Gasteiger partial charge in [-0.2, -0.15) is 0 Å². The van der Waals surface area contributed by atoms with Gasteiger partial charge in [-0.05, 0) is 18.4 Å². The highest BCUT2D eigenvalue weighted by atomic mass is 35.5. The summed E-state index contributed by atoms with van der Waals surface area (Å²) in [7, 11) is 0. The van der Waals surface area contributed by atoms with Crippen LogP contribution in [0.5, 0.6) is 0 Å². The lowest BCUT2D eigenvalue weighted by atomic mass is 9.83. The fraction of sp³-hybridized carbons (Fsp3) is 0.412. The first-order chi connectivity index (χ1) is 10.4. The van der Waals surface area contributed by atoms with Crippen molar-refractivity contribution in [2.24, 2.45) is 5.92 Å². The van der Waals surface area contributed by atoms with E-state index in [0.29, 0.717) is 5.88 Å². The third kappa shape index (κ3) is 2.20. The quantitative estimate of drug-likeness (QED) is 0.663. The van der Waals surface area contributed by atoms with Crippen molar-refractivity contribution >= 4 is 33.5 Å². The Bertz CT molecular complexity index is 789. The van der Waals surface area contributed by atoms with E-state index >= 15 is 0 Å². The van der Waals surface area contributed by atoms with Gasteiger partial charge >= 0.3 is 0 Å². The van der Waals surface area contributed by atoms with E-state index in [4.69, 9.17) is 11.6 Å². The van der Waals surface area contributed by atoms with E-state index in [9.17, 15) is 0 Å². The summed E-state index contributed by atoms with van der Waals surface area (Å²) in [5.74, 6) is 2.30. The predicted molar refractivity (Wildman–Crippen MR) is 86.5 cm³/mol. The Morgan fingerprint density at radius 2 is 2.05 bits per heavy atom. The molecule has 2 heterocycles. The van der Waals surface area contributed by atoms with Crippen LogP contribution in [-0.4, -0.2) is 14.5 Å². The lowest BCUT2D eigenvalue weighted by molar-refractivity contribution is 0.282. The van der Waals surface area contributed by atoms with Crippen molar-refractivity contribution in [3.63, 3.8) is 0 Å². The zero-order chi connectivity index (χ0) is 14.2. The maximum atomic E-state index is 6.11. The van der Waals surface area contributed by atoms with Gasteiger partial charge in [0.2, 0.25) is 0 Å². The number of hydrogen-bond acceptors (Lipinski definition) is 2. The molecule has 1 fully saturated rings. The number of nitrogens with zero attached hydrogens (tertiary/aromatic N) is 3. The summed E-state index contributed by atoms with van der Waals surface area (Å²) < 4.78 is 2.31. The Hall–Kier alpha value is -1.61. The molecule has 1 aliphatic rings. The highest BCUT2D eigenvalue weighted by Gasteiger charge is 2.19. The van der Waals surface area contributed by atoms with Gasteiger partial charge in [0.15, 0.2) is 0 Å². The fourth-order valence-corrected chi connectivity index (χ4v) is 3.45. The molecular weight excluding hydrogens is 282 g/mol. The highest BCUT2D eigenvalue weighted by Crippen LogP contribution is 2.31. The van der Waals surface area contributed by atoms with Crippen molar-refractivity contribution in [1.82, 2.24) is 14.5 Å². The molecule has 0 radical (unpaired) electrons. The van der Waals surface area contributed by atoms with Gasteiger partial charge in [-0.25, -0.2) is 4.98 Å². The van der Waals surface area contributed by atoms with Crippen LogP contribution in [0, 0.1) is 5.92 Å². The molecule has 4 heteroatoms. The van der Waals surface area contributed by atoms with Crippen LogP contribution >= 0.6 is 11.6 Å². The van der Waals surface area contributed by atoms with Crippen molar-refractivity contribution < 1.29 is 0 Å². The maximum Gasteiger partial charge on any atom is 0.124 e. The van der Waals surface area contributed by atoms with Crippen molar-refractivity contribution in [2.75, 3.05) is 0 Å². The monoisotopic (exact) mass is 299 g/mol. The van der Waals surface area contributed by atoms with Crippen LogP contribution in [0.2, 0.25) is 0 Å². The van der Waals surface area contributed by atoms with Gasteiger partial charge in [-0.15, -0.1) is 11.6 Å².